The molecule has 0 unspecified atom stereocenters. The van der Waals surface area contributed by atoms with E-state index in [4.69, 9.17) is 0 Å². The average molecular weight is 355 g/mol. The van der Waals surface area contributed by atoms with E-state index >= 15 is 0 Å². The van der Waals surface area contributed by atoms with Crippen LogP contribution >= 0.6 is 37.2 Å². The second-order valence-corrected chi connectivity index (χ2v) is 2.31. The zero-order valence-corrected chi connectivity index (χ0v) is 16.5. The Morgan fingerprint density at radius 3 is 1.44 bits per heavy atom. The molecule has 1 aliphatic carbocycles. The second-order valence-electron chi connectivity index (χ2n) is 2.31. The molecule has 0 aliphatic heterocycles. The molecule has 0 fully saturated rings. The topological polar surface area (TPSA) is 3.24 Å². The van der Waals surface area contributed by atoms with Crippen molar-refractivity contribution in [2.24, 2.45) is 0 Å². The Morgan fingerprint density at radius 1 is 1.06 bits per heavy atom. The molecule has 0 N–H and O–H groups in total. The van der Waals surface area contributed by atoms with Crippen LogP contribution in [0.15, 0.2) is 18.2 Å². The molecule has 0 atom stereocenters. The van der Waals surface area contributed by atoms with Gasteiger partial charge in [-0.15, -0.1) is 50.2 Å². The van der Waals surface area contributed by atoms with E-state index in [-0.39, 0.29) is 88.6 Å². The molecule has 1 aliphatic rings. The number of rotatable bonds is 1. The normalized spacial score (nSPS) is 7.56. The molecule has 0 aromatic heterocycles. The third-order valence-electron chi connectivity index (χ3n) is 1.03. The van der Waals surface area contributed by atoms with Gasteiger partial charge >= 0.3 is 0 Å². The summed E-state index contributed by atoms with van der Waals surface area (Å²) < 4.78 is 0. The van der Waals surface area contributed by atoms with Gasteiger partial charge in [0.2, 0.25) is 0 Å². The minimum Gasteiger partial charge on any atom is -0.358 e. The Labute approximate surface area is 151 Å². The average Bonchev–Trinajstić information content (AvgIpc) is 2.43. The molecular formula is C13H30Cl3NTi-6. The van der Waals surface area contributed by atoms with Crippen molar-refractivity contribution >= 4 is 37.2 Å². The first-order chi connectivity index (χ1) is 4.77. The molecule has 18 heavy (non-hydrogen) atoms. The number of halogens is 3. The summed E-state index contributed by atoms with van der Waals surface area (Å²) in [5.74, 6) is 0. The van der Waals surface area contributed by atoms with Crippen molar-refractivity contribution in [3.63, 3.8) is 0 Å². The zero-order valence-electron chi connectivity index (χ0n) is 12.5. The van der Waals surface area contributed by atoms with Gasteiger partial charge in [-0.1, -0.05) is 0 Å². The van der Waals surface area contributed by atoms with E-state index in [1.165, 1.54) is 0 Å². The maximum Gasteiger partial charge on any atom is 0 e. The maximum absolute atomic E-state index is 3.61. The van der Waals surface area contributed by atoms with Crippen LogP contribution in [0.3, 0.4) is 0 Å². The van der Waals surface area contributed by atoms with Crippen LogP contribution in [0.4, 0.5) is 0 Å². The van der Waals surface area contributed by atoms with Crippen LogP contribution in [0.2, 0.25) is 0 Å². The van der Waals surface area contributed by atoms with Gasteiger partial charge in [0.25, 0.3) is 0 Å². The van der Waals surface area contributed by atoms with E-state index in [9.17, 15) is 0 Å². The number of allylic oxidation sites excluding steroid dienone is 4. The van der Waals surface area contributed by atoms with Gasteiger partial charge in [0.1, 0.15) is 0 Å². The van der Waals surface area contributed by atoms with Gasteiger partial charge in [-0.2, -0.15) is 6.08 Å². The van der Waals surface area contributed by atoms with Gasteiger partial charge in [0, 0.05) is 21.7 Å². The van der Waals surface area contributed by atoms with Crippen molar-refractivity contribution in [1.82, 2.24) is 4.90 Å². The van der Waals surface area contributed by atoms with Gasteiger partial charge in [0.15, 0.2) is 0 Å². The molecule has 0 heterocycles. The molecule has 0 bridgehead atoms. The first kappa shape index (κ1) is 61.5. The Morgan fingerprint density at radius 2 is 1.39 bits per heavy atom. The van der Waals surface area contributed by atoms with Crippen molar-refractivity contribution in [3.05, 3.63) is 60.9 Å². The van der Waals surface area contributed by atoms with E-state index in [1.54, 1.807) is 0 Å². The van der Waals surface area contributed by atoms with Crippen LogP contribution in [-0.2, 0) is 21.7 Å². The molecule has 0 radical (unpaired) electrons. The standard InChI is InChI=1S/C5H5.C4H10N.4CH3.3ClH.Ti/c1-2-4-5-3-1;1-4-5(2)3;;;;;;;;/h1-3H,4H2;1,4H2,2-3H3;4*1H3;3*1H;/q6*-1;;;;. The molecule has 5 heteroatoms. The third-order valence-corrected chi connectivity index (χ3v) is 1.03. The molecule has 1 nitrogen and oxygen atoms in total. The smallest absolute Gasteiger partial charge is 0 e. The quantitative estimate of drug-likeness (QED) is 0.485. The van der Waals surface area contributed by atoms with Crippen LogP contribution in [0.25, 0.3) is 0 Å². The van der Waals surface area contributed by atoms with Gasteiger partial charge in [-0.25, -0.2) is 12.2 Å². The molecule has 0 saturated carbocycles. The fourth-order valence-electron chi connectivity index (χ4n) is 0.340. The third kappa shape index (κ3) is 67.9. The van der Waals surface area contributed by atoms with Crippen molar-refractivity contribution < 1.29 is 21.7 Å². The van der Waals surface area contributed by atoms with Crippen molar-refractivity contribution in [1.29, 1.82) is 0 Å². The number of hydrogen-bond acceptors (Lipinski definition) is 1. The Balaban J connectivity index is -0.00000000890. The van der Waals surface area contributed by atoms with Gasteiger partial charge < -0.3 is 41.5 Å². The van der Waals surface area contributed by atoms with Gasteiger partial charge in [0.05, 0.1) is 0 Å². The van der Waals surface area contributed by atoms with Crippen LogP contribution in [-0.4, -0.2) is 25.5 Å². The summed E-state index contributed by atoms with van der Waals surface area (Å²) in [6.45, 7) is 4.50. The summed E-state index contributed by atoms with van der Waals surface area (Å²) in [6.07, 6.45) is 10.0. The SMILES string of the molecule is Cl.Cl.Cl.[C-]1=CC=CC1.[CH2-]CN(C)C.[CH3-].[CH3-].[CH3-].[CH3-].[Ti]. The first-order valence-electron chi connectivity index (χ1n) is 3.43. The van der Waals surface area contributed by atoms with E-state index in [1.807, 2.05) is 31.1 Å². The van der Waals surface area contributed by atoms with E-state index in [0.29, 0.717) is 0 Å². The summed E-state index contributed by atoms with van der Waals surface area (Å²) in [5.41, 5.74) is 0. The molecule has 0 saturated heterocycles. The fourth-order valence-corrected chi connectivity index (χ4v) is 0.340. The molecule has 0 aromatic rings. The maximum atomic E-state index is 3.61. The fraction of sp³-hybridized carbons (Fsp3) is 0.308. The first-order valence-corrected chi connectivity index (χ1v) is 3.43. The summed E-state index contributed by atoms with van der Waals surface area (Å²) in [7, 11) is 3.99. The Hall–Kier alpha value is 1.02. The summed E-state index contributed by atoms with van der Waals surface area (Å²) in [6, 6.07) is 0. The van der Waals surface area contributed by atoms with Crippen molar-refractivity contribution in [2.75, 3.05) is 20.6 Å². The molecule has 118 valence electrons. The molecular weight excluding hydrogens is 324 g/mol. The minimum absolute atomic E-state index is 0. The largest absolute Gasteiger partial charge is 0.358 e. The summed E-state index contributed by atoms with van der Waals surface area (Å²) in [5, 5.41) is 0. The van der Waals surface area contributed by atoms with Crippen LogP contribution in [0.1, 0.15) is 6.42 Å². The predicted molar refractivity (Wildman–Crippen MR) is 92.9 cm³/mol. The number of hydrogen-bond donors (Lipinski definition) is 0. The second kappa shape index (κ2) is 52.0. The van der Waals surface area contributed by atoms with Crippen LogP contribution < -0.4 is 0 Å². The Kier molecular flexibility index (Phi) is 178. The predicted octanol–water partition coefficient (Wildman–Crippen LogP) is 4.75. The van der Waals surface area contributed by atoms with E-state index in [2.05, 4.69) is 19.1 Å². The molecule has 0 amide bonds. The molecule has 1 rings (SSSR count). The summed E-state index contributed by atoms with van der Waals surface area (Å²) >= 11 is 0. The Bertz CT molecular complexity index is 119. The van der Waals surface area contributed by atoms with Gasteiger partial charge in [-0.05, 0) is 14.1 Å². The van der Waals surface area contributed by atoms with Gasteiger partial charge in [-0.3, -0.25) is 6.08 Å². The summed E-state index contributed by atoms with van der Waals surface area (Å²) in [4.78, 5) is 2.01. The van der Waals surface area contributed by atoms with E-state index < -0.39 is 0 Å². The van der Waals surface area contributed by atoms with Crippen molar-refractivity contribution in [3.8, 4) is 0 Å². The molecule has 0 aromatic carbocycles. The zero-order chi connectivity index (χ0) is 7.82. The van der Waals surface area contributed by atoms with E-state index in [0.717, 1.165) is 13.0 Å². The minimum atomic E-state index is 0. The molecule has 0 spiro atoms. The van der Waals surface area contributed by atoms with Crippen molar-refractivity contribution in [2.45, 2.75) is 6.42 Å². The number of nitrogens with zero attached hydrogens (tertiary/aromatic N) is 1. The van der Waals surface area contributed by atoms with Crippen LogP contribution in [0.5, 0.6) is 0 Å². The monoisotopic (exact) mass is 353 g/mol. The van der Waals surface area contributed by atoms with Crippen LogP contribution in [0, 0.1) is 42.7 Å².